The highest BCUT2D eigenvalue weighted by molar-refractivity contribution is 5.84. The van der Waals surface area contributed by atoms with Crippen molar-refractivity contribution >= 4 is 12.1 Å². The molecule has 0 unspecified atom stereocenters. The maximum absolute atomic E-state index is 12.4. The lowest BCUT2D eigenvalue weighted by Gasteiger charge is -2.43. The zero-order valence-electron chi connectivity index (χ0n) is 12.8. The molecule has 0 atom stereocenters. The number of carbonyl (C=O) groups is 2. The number of nitrogens with zero attached hydrogens (tertiary/aromatic N) is 1. The summed E-state index contributed by atoms with van der Waals surface area (Å²) in [5.74, 6) is -0.986. The maximum Gasteiger partial charge on any atom is 0.411 e. The fourth-order valence-corrected chi connectivity index (χ4v) is 2.33. The van der Waals surface area contributed by atoms with Crippen LogP contribution in [0, 0.1) is 0 Å². The molecule has 1 aliphatic rings. The van der Waals surface area contributed by atoms with Gasteiger partial charge in [0.25, 0.3) is 0 Å². The molecule has 0 radical (unpaired) electrons. The summed E-state index contributed by atoms with van der Waals surface area (Å²) in [4.78, 5) is 25.5. The van der Waals surface area contributed by atoms with E-state index >= 15 is 0 Å². The van der Waals surface area contributed by atoms with Crippen molar-refractivity contribution in [2.45, 2.75) is 58.1 Å². The van der Waals surface area contributed by atoms with Gasteiger partial charge in [0.2, 0.25) is 0 Å². The Bertz CT molecular complexity index is 355. The Morgan fingerprint density at radius 3 is 2.25 bits per heavy atom. The quantitative estimate of drug-likeness (QED) is 0.858. The van der Waals surface area contributed by atoms with Crippen LogP contribution in [0.2, 0.25) is 0 Å². The van der Waals surface area contributed by atoms with Crippen molar-refractivity contribution in [2.75, 3.05) is 19.8 Å². The number of amides is 1. The largest absolute Gasteiger partial charge is 0.479 e. The molecule has 1 N–H and O–H groups in total. The summed E-state index contributed by atoms with van der Waals surface area (Å²) in [5.41, 5.74) is -1.86. The van der Waals surface area contributed by atoms with Crippen LogP contribution in [-0.2, 0) is 14.3 Å². The lowest BCUT2D eigenvalue weighted by molar-refractivity contribution is -0.158. The highest BCUT2D eigenvalue weighted by Crippen LogP contribution is 2.30. The minimum atomic E-state index is -1.21. The van der Waals surface area contributed by atoms with Crippen molar-refractivity contribution in [2.24, 2.45) is 0 Å². The molecule has 0 aliphatic carbocycles. The Labute approximate surface area is 120 Å². The van der Waals surface area contributed by atoms with Crippen molar-refractivity contribution in [3.63, 3.8) is 0 Å². The minimum absolute atomic E-state index is 0.293. The topological polar surface area (TPSA) is 76.1 Å². The van der Waals surface area contributed by atoms with Crippen LogP contribution >= 0.6 is 0 Å². The molecule has 1 heterocycles. The predicted molar refractivity (Wildman–Crippen MR) is 73.7 cm³/mol. The van der Waals surface area contributed by atoms with Gasteiger partial charge in [0.05, 0.1) is 0 Å². The van der Waals surface area contributed by atoms with Gasteiger partial charge in [0, 0.05) is 32.6 Å². The third kappa shape index (κ3) is 3.85. The first-order valence-electron chi connectivity index (χ1n) is 7.05. The second-order valence-corrected chi connectivity index (χ2v) is 6.08. The molecule has 1 aliphatic heterocycles. The van der Waals surface area contributed by atoms with Crippen LogP contribution in [0.15, 0.2) is 0 Å². The summed E-state index contributed by atoms with van der Waals surface area (Å²) in [6.07, 6.45) is 0.696. The average molecular weight is 287 g/mol. The van der Waals surface area contributed by atoms with Crippen molar-refractivity contribution in [3.8, 4) is 0 Å². The number of carboxylic acid groups (broad SMARTS) is 1. The van der Waals surface area contributed by atoms with Gasteiger partial charge in [-0.25, -0.2) is 9.59 Å². The van der Waals surface area contributed by atoms with E-state index in [-0.39, 0.29) is 0 Å². The third-order valence-corrected chi connectivity index (χ3v) is 3.30. The normalized spacial score (nSPS) is 18.4. The van der Waals surface area contributed by atoms with Crippen molar-refractivity contribution < 1.29 is 24.2 Å². The minimum Gasteiger partial charge on any atom is -0.479 e. The van der Waals surface area contributed by atoms with Gasteiger partial charge in [-0.1, -0.05) is 6.92 Å². The van der Waals surface area contributed by atoms with E-state index in [9.17, 15) is 14.7 Å². The fourth-order valence-electron chi connectivity index (χ4n) is 2.33. The first kappa shape index (κ1) is 16.8. The van der Waals surface area contributed by atoms with E-state index in [0.29, 0.717) is 39.0 Å². The summed E-state index contributed by atoms with van der Waals surface area (Å²) in [7, 11) is 0. The molecule has 6 heteroatoms. The standard InChI is InChI=1S/C14H25NO5/c1-5-8-15(12(18)20-13(2,3)4)14(11(16)17)6-9-19-10-7-14/h5-10H2,1-4H3,(H,16,17). The Hall–Kier alpha value is -1.30. The third-order valence-electron chi connectivity index (χ3n) is 3.30. The van der Waals surface area contributed by atoms with Gasteiger partial charge < -0.3 is 14.6 Å². The molecular weight excluding hydrogens is 262 g/mol. The summed E-state index contributed by atoms with van der Waals surface area (Å²) < 4.78 is 10.6. The highest BCUT2D eigenvalue weighted by Gasteiger charge is 2.48. The molecule has 20 heavy (non-hydrogen) atoms. The average Bonchev–Trinajstić information content (AvgIpc) is 2.34. The van der Waals surface area contributed by atoms with Crippen molar-refractivity contribution in [3.05, 3.63) is 0 Å². The van der Waals surface area contributed by atoms with Crippen LogP contribution in [0.4, 0.5) is 4.79 Å². The molecule has 0 saturated carbocycles. The van der Waals surface area contributed by atoms with E-state index in [4.69, 9.17) is 9.47 Å². The lowest BCUT2D eigenvalue weighted by atomic mass is 9.88. The van der Waals surface area contributed by atoms with E-state index in [1.807, 2.05) is 6.92 Å². The number of aliphatic carboxylic acids is 1. The summed E-state index contributed by atoms with van der Waals surface area (Å²) >= 11 is 0. The SMILES string of the molecule is CCCN(C(=O)OC(C)(C)C)C1(C(=O)O)CCOCC1. The smallest absolute Gasteiger partial charge is 0.411 e. The molecule has 6 nitrogen and oxygen atoms in total. The van der Waals surface area contributed by atoms with E-state index < -0.39 is 23.2 Å². The summed E-state index contributed by atoms with van der Waals surface area (Å²) in [6, 6.07) is 0. The van der Waals surface area contributed by atoms with Crippen LogP contribution in [0.3, 0.4) is 0 Å². The molecule has 0 bridgehead atoms. The van der Waals surface area contributed by atoms with Gasteiger partial charge in [-0.2, -0.15) is 0 Å². The number of rotatable bonds is 4. The summed E-state index contributed by atoms with van der Waals surface area (Å²) in [5, 5.41) is 9.63. The molecule has 0 spiro atoms. The molecule has 1 amide bonds. The van der Waals surface area contributed by atoms with Crippen LogP contribution in [0.25, 0.3) is 0 Å². The van der Waals surface area contributed by atoms with E-state index in [2.05, 4.69) is 0 Å². The van der Waals surface area contributed by atoms with Crippen LogP contribution in [-0.4, -0.2) is 53.0 Å². The molecular formula is C14H25NO5. The fraction of sp³-hybridized carbons (Fsp3) is 0.857. The van der Waals surface area contributed by atoms with Crippen molar-refractivity contribution in [1.29, 1.82) is 0 Å². The maximum atomic E-state index is 12.4. The van der Waals surface area contributed by atoms with Gasteiger partial charge in [0.15, 0.2) is 0 Å². The van der Waals surface area contributed by atoms with Gasteiger partial charge in [-0.3, -0.25) is 4.90 Å². The Morgan fingerprint density at radius 2 is 1.85 bits per heavy atom. The lowest BCUT2D eigenvalue weighted by Crippen LogP contribution is -2.60. The van der Waals surface area contributed by atoms with Gasteiger partial charge in [-0.15, -0.1) is 0 Å². The Kier molecular flexibility index (Phi) is 5.39. The molecule has 0 aromatic rings. The Morgan fingerprint density at radius 1 is 1.30 bits per heavy atom. The monoisotopic (exact) mass is 287 g/mol. The number of ether oxygens (including phenoxy) is 2. The first-order valence-corrected chi connectivity index (χ1v) is 7.05. The van der Waals surface area contributed by atoms with Crippen LogP contribution < -0.4 is 0 Å². The number of hydrogen-bond acceptors (Lipinski definition) is 4. The number of carboxylic acids is 1. The summed E-state index contributed by atoms with van der Waals surface area (Å²) in [6.45, 7) is 8.27. The zero-order valence-corrected chi connectivity index (χ0v) is 12.8. The predicted octanol–water partition coefficient (Wildman–Crippen LogP) is 2.27. The second-order valence-electron chi connectivity index (χ2n) is 6.08. The van der Waals surface area contributed by atoms with Gasteiger partial charge >= 0.3 is 12.1 Å². The molecule has 0 aromatic heterocycles. The zero-order chi connectivity index (χ0) is 15.4. The Balaban J connectivity index is 3.02. The molecule has 0 aromatic carbocycles. The van der Waals surface area contributed by atoms with E-state index in [0.717, 1.165) is 0 Å². The van der Waals surface area contributed by atoms with E-state index in [1.54, 1.807) is 20.8 Å². The molecule has 1 rings (SSSR count). The number of carbonyl (C=O) groups excluding carboxylic acids is 1. The first-order chi connectivity index (χ1) is 9.23. The molecule has 1 fully saturated rings. The number of hydrogen-bond donors (Lipinski definition) is 1. The molecule has 116 valence electrons. The van der Waals surface area contributed by atoms with Crippen molar-refractivity contribution in [1.82, 2.24) is 4.90 Å². The van der Waals surface area contributed by atoms with Crippen LogP contribution in [0.1, 0.15) is 47.0 Å². The van der Waals surface area contributed by atoms with Gasteiger partial charge in [0.1, 0.15) is 11.1 Å². The van der Waals surface area contributed by atoms with Gasteiger partial charge in [-0.05, 0) is 27.2 Å². The molecule has 1 saturated heterocycles. The van der Waals surface area contributed by atoms with Crippen LogP contribution in [0.5, 0.6) is 0 Å². The highest BCUT2D eigenvalue weighted by atomic mass is 16.6. The second kappa shape index (κ2) is 6.43. The van der Waals surface area contributed by atoms with E-state index in [1.165, 1.54) is 4.90 Å².